The molecule has 13 heavy (non-hydrogen) atoms. The number of hydrogen-bond donors (Lipinski definition) is 0. The Kier molecular flexibility index (Phi) is 19.1. The molecule has 0 saturated heterocycles. The molecular formula is C8H10MgO4. The van der Waals surface area contributed by atoms with Crippen LogP contribution < -0.4 is 10.2 Å². The molecule has 0 heterocycles. The van der Waals surface area contributed by atoms with Crippen LogP contribution >= 0.6 is 0 Å². The van der Waals surface area contributed by atoms with Crippen LogP contribution in [-0.2, 0) is 9.59 Å². The first kappa shape index (κ1) is 18.1. The SMILES string of the molecule is C/C=C/C(=O)[O-].C/C=C/C(=O)[O-].[Mg+2]. The van der Waals surface area contributed by atoms with Crippen molar-refractivity contribution < 1.29 is 19.8 Å². The van der Waals surface area contributed by atoms with Gasteiger partial charge in [0, 0.05) is 0 Å². The molecule has 0 aliphatic rings. The molecule has 0 aromatic heterocycles. The maximum atomic E-state index is 9.40. The van der Waals surface area contributed by atoms with Crippen molar-refractivity contribution in [1.29, 1.82) is 0 Å². The van der Waals surface area contributed by atoms with E-state index in [0.717, 1.165) is 12.2 Å². The van der Waals surface area contributed by atoms with Crippen molar-refractivity contribution in [3.63, 3.8) is 0 Å². The van der Waals surface area contributed by atoms with E-state index in [1.807, 2.05) is 0 Å². The van der Waals surface area contributed by atoms with Gasteiger partial charge in [-0.25, -0.2) is 0 Å². The number of aliphatic carboxylic acids is 2. The third-order valence-corrected chi connectivity index (χ3v) is 0.605. The second kappa shape index (κ2) is 13.8. The van der Waals surface area contributed by atoms with Gasteiger partial charge in [0.15, 0.2) is 0 Å². The number of allylic oxidation sites excluding steroid dienone is 2. The van der Waals surface area contributed by atoms with E-state index in [0.29, 0.717) is 0 Å². The van der Waals surface area contributed by atoms with Gasteiger partial charge in [0.1, 0.15) is 0 Å². The Balaban J connectivity index is -0.000000143. The molecule has 0 bridgehead atoms. The molecule has 0 atom stereocenters. The van der Waals surface area contributed by atoms with Crippen LogP contribution in [0.2, 0.25) is 0 Å². The van der Waals surface area contributed by atoms with Crippen molar-refractivity contribution in [2.24, 2.45) is 0 Å². The van der Waals surface area contributed by atoms with Crippen LogP contribution in [0.25, 0.3) is 0 Å². The summed E-state index contributed by atoms with van der Waals surface area (Å²) in [6, 6.07) is 0. The van der Waals surface area contributed by atoms with Crippen LogP contribution in [-0.4, -0.2) is 35.0 Å². The summed E-state index contributed by atoms with van der Waals surface area (Å²) in [6.45, 7) is 3.24. The van der Waals surface area contributed by atoms with Gasteiger partial charge in [-0.2, -0.15) is 0 Å². The van der Waals surface area contributed by atoms with Gasteiger partial charge in [0.05, 0.1) is 11.9 Å². The van der Waals surface area contributed by atoms with E-state index in [9.17, 15) is 19.8 Å². The van der Waals surface area contributed by atoms with E-state index in [-0.39, 0.29) is 23.1 Å². The second-order valence-corrected chi connectivity index (χ2v) is 1.64. The molecule has 0 radical (unpaired) electrons. The number of rotatable bonds is 2. The molecule has 0 aromatic rings. The summed E-state index contributed by atoms with van der Waals surface area (Å²) in [7, 11) is 0. The monoisotopic (exact) mass is 194 g/mol. The van der Waals surface area contributed by atoms with Gasteiger partial charge < -0.3 is 19.8 Å². The van der Waals surface area contributed by atoms with Crippen molar-refractivity contribution >= 4 is 35.0 Å². The van der Waals surface area contributed by atoms with Crippen molar-refractivity contribution in [2.75, 3.05) is 0 Å². The van der Waals surface area contributed by atoms with E-state index >= 15 is 0 Å². The molecule has 0 fully saturated rings. The molecule has 4 nitrogen and oxygen atoms in total. The number of carbonyl (C=O) groups excluding carboxylic acids is 2. The quantitative estimate of drug-likeness (QED) is 0.385. The predicted molar refractivity (Wildman–Crippen MR) is 45.4 cm³/mol. The molecule has 0 rings (SSSR count). The van der Waals surface area contributed by atoms with E-state index in [4.69, 9.17) is 0 Å². The summed E-state index contributed by atoms with van der Waals surface area (Å²) in [6.07, 6.45) is 4.77. The predicted octanol–water partition coefficient (Wildman–Crippen LogP) is -1.76. The Morgan fingerprint density at radius 3 is 1.15 bits per heavy atom. The maximum Gasteiger partial charge on any atom is 2.00 e. The normalized spacial score (nSPS) is 8.77. The van der Waals surface area contributed by atoms with Gasteiger partial charge in [-0.15, -0.1) is 0 Å². The van der Waals surface area contributed by atoms with Crippen LogP contribution in [0.1, 0.15) is 13.8 Å². The van der Waals surface area contributed by atoms with E-state index < -0.39 is 11.9 Å². The molecule has 0 aromatic carbocycles. The van der Waals surface area contributed by atoms with Crippen LogP contribution in [0.5, 0.6) is 0 Å². The average molecular weight is 194 g/mol. The maximum absolute atomic E-state index is 9.40. The van der Waals surface area contributed by atoms with Gasteiger partial charge in [0.2, 0.25) is 0 Å². The Morgan fingerprint density at radius 2 is 1.15 bits per heavy atom. The van der Waals surface area contributed by atoms with Crippen molar-refractivity contribution in [2.45, 2.75) is 13.8 Å². The standard InChI is InChI=1S/2C4H6O2.Mg/c2*1-2-3-4(5)6;/h2*2-3H,1H3,(H,5,6);/q;;+2/p-2/b2*3-2+;. The molecule has 0 amide bonds. The number of carboxylic acids is 2. The molecule has 0 saturated carbocycles. The Bertz CT molecular complexity index is 174. The second-order valence-electron chi connectivity index (χ2n) is 1.64. The van der Waals surface area contributed by atoms with Crippen molar-refractivity contribution in [1.82, 2.24) is 0 Å². The molecular weight excluding hydrogens is 184 g/mol. The molecule has 0 unspecified atom stereocenters. The summed E-state index contributed by atoms with van der Waals surface area (Å²) in [5.41, 5.74) is 0. The number of hydrogen-bond acceptors (Lipinski definition) is 4. The smallest absolute Gasteiger partial charge is 0.545 e. The molecule has 0 aliphatic carbocycles. The molecule has 5 heteroatoms. The van der Waals surface area contributed by atoms with Crippen LogP contribution in [0.15, 0.2) is 24.3 Å². The minimum atomic E-state index is -1.14. The zero-order valence-corrected chi connectivity index (χ0v) is 9.06. The van der Waals surface area contributed by atoms with Crippen molar-refractivity contribution in [3.8, 4) is 0 Å². The van der Waals surface area contributed by atoms with Crippen LogP contribution in [0.4, 0.5) is 0 Å². The summed E-state index contributed by atoms with van der Waals surface area (Å²) >= 11 is 0. The molecule has 0 aliphatic heterocycles. The Labute approximate surface area is 93.1 Å². The fraction of sp³-hybridized carbons (Fsp3) is 0.250. The van der Waals surface area contributed by atoms with Crippen LogP contribution in [0, 0.1) is 0 Å². The van der Waals surface area contributed by atoms with Crippen LogP contribution in [0.3, 0.4) is 0 Å². The van der Waals surface area contributed by atoms with E-state index in [1.165, 1.54) is 12.2 Å². The van der Waals surface area contributed by atoms with Gasteiger partial charge in [-0.3, -0.25) is 0 Å². The zero-order chi connectivity index (χ0) is 9.98. The molecule has 0 spiro atoms. The van der Waals surface area contributed by atoms with E-state index in [1.54, 1.807) is 13.8 Å². The third-order valence-electron chi connectivity index (χ3n) is 0.605. The summed E-state index contributed by atoms with van der Waals surface area (Å²) in [5, 5.41) is 18.8. The van der Waals surface area contributed by atoms with Crippen molar-refractivity contribution in [3.05, 3.63) is 24.3 Å². The Morgan fingerprint density at radius 1 is 0.923 bits per heavy atom. The number of carboxylic acid groups (broad SMARTS) is 2. The fourth-order valence-corrected chi connectivity index (χ4v) is 0.272. The zero-order valence-electron chi connectivity index (χ0n) is 7.65. The summed E-state index contributed by atoms with van der Waals surface area (Å²) in [5.74, 6) is -2.28. The summed E-state index contributed by atoms with van der Waals surface area (Å²) < 4.78 is 0. The van der Waals surface area contributed by atoms with Gasteiger partial charge in [0.25, 0.3) is 0 Å². The summed E-state index contributed by atoms with van der Waals surface area (Å²) in [4.78, 5) is 18.8. The Hall–Kier alpha value is -0.814. The van der Waals surface area contributed by atoms with Gasteiger partial charge in [-0.1, -0.05) is 12.2 Å². The molecule has 0 N–H and O–H groups in total. The third kappa shape index (κ3) is 35.1. The van der Waals surface area contributed by atoms with Gasteiger partial charge >= 0.3 is 23.1 Å². The first-order valence-electron chi connectivity index (χ1n) is 3.22. The topological polar surface area (TPSA) is 80.3 Å². The minimum Gasteiger partial charge on any atom is -0.545 e. The largest absolute Gasteiger partial charge is 2.00 e. The van der Waals surface area contributed by atoms with E-state index in [2.05, 4.69) is 0 Å². The first-order chi connectivity index (χ1) is 5.54. The average Bonchev–Trinajstić information content (AvgIpc) is 1.87. The van der Waals surface area contributed by atoms with Gasteiger partial charge in [-0.05, 0) is 26.0 Å². The fourth-order valence-electron chi connectivity index (χ4n) is 0.272. The first-order valence-corrected chi connectivity index (χ1v) is 3.22. The molecule has 68 valence electrons. The number of carbonyl (C=O) groups is 2. The minimum absolute atomic E-state index is 0.